The summed E-state index contributed by atoms with van der Waals surface area (Å²) in [6.45, 7) is 0. The van der Waals surface area contributed by atoms with Crippen LogP contribution in [-0.2, 0) is 0 Å². The van der Waals surface area contributed by atoms with E-state index < -0.39 is 5.97 Å². The molecule has 0 bridgehead atoms. The molecule has 2 aromatic carbocycles. The van der Waals surface area contributed by atoms with Crippen LogP contribution in [0.15, 0.2) is 54.7 Å². The zero-order valence-corrected chi connectivity index (χ0v) is 11.0. The molecule has 0 atom stereocenters. The molecule has 0 unspecified atom stereocenters. The van der Waals surface area contributed by atoms with Gasteiger partial charge in [0.15, 0.2) is 0 Å². The lowest BCUT2D eigenvalue weighted by atomic mass is 10.1. The number of hydrogen-bond donors (Lipinski definition) is 2. The monoisotopic (exact) mass is 280 g/mol. The molecule has 6 heteroatoms. The van der Waals surface area contributed by atoms with Crippen molar-refractivity contribution in [3.63, 3.8) is 0 Å². The normalized spacial score (nSPS) is 10.5. The molecule has 3 N–H and O–H groups in total. The molecule has 1 aromatic heterocycles. The van der Waals surface area contributed by atoms with Gasteiger partial charge in [-0.1, -0.05) is 17.3 Å². The molecule has 0 aliphatic carbocycles. The van der Waals surface area contributed by atoms with Crippen LogP contribution in [0.25, 0.3) is 16.9 Å². The molecule has 104 valence electrons. The molecule has 0 radical (unpaired) electrons. The first kappa shape index (κ1) is 12.9. The molecule has 0 saturated carbocycles. The Morgan fingerprint density at radius 3 is 2.33 bits per heavy atom. The van der Waals surface area contributed by atoms with E-state index in [2.05, 4.69) is 10.3 Å². The van der Waals surface area contributed by atoms with Crippen molar-refractivity contribution in [3.05, 3.63) is 60.3 Å². The van der Waals surface area contributed by atoms with Crippen molar-refractivity contribution in [3.8, 4) is 16.9 Å². The van der Waals surface area contributed by atoms with E-state index in [1.807, 2.05) is 12.1 Å². The van der Waals surface area contributed by atoms with Crippen molar-refractivity contribution < 1.29 is 9.90 Å². The SMILES string of the molecule is Nc1ccc(-n2cc(-c3ccc(C(=O)O)cc3)nn2)cc1. The van der Waals surface area contributed by atoms with E-state index in [1.165, 1.54) is 0 Å². The predicted octanol–water partition coefficient (Wildman–Crippen LogP) is 2.21. The Hall–Kier alpha value is -3.15. The molecule has 0 aliphatic rings. The van der Waals surface area contributed by atoms with E-state index in [4.69, 9.17) is 10.8 Å². The maximum Gasteiger partial charge on any atom is 0.335 e. The number of anilines is 1. The molecular weight excluding hydrogens is 268 g/mol. The number of aromatic nitrogens is 3. The van der Waals surface area contributed by atoms with Crippen molar-refractivity contribution in [2.45, 2.75) is 0 Å². The van der Waals surface area contributed by atoms with Crippen LogP contribution in [-0.4, -0.2) is 26.1 Å². The first-order valence-corrected chi connectivity index (χ1v) is 6.25. The highest BCUT2D eigenvalue weighted by atomic mass is 16.4. The fourth-order valence-electron chi connectivity index (χ4n) is 1.93. The summed E-state index contributed by atoms with van der Waals surface area (Å²) in [7, 11) is 0. The van der Waals surface area contributed by atoms with Crippen molar-refractivity contribution in [2.24, 2.45) is 0 Å². The zero-order chi connectivity index (χ0) is 14.8. The molecule has 21 heavy (non-hydrogen) atoms. The highest BCUT2D eigenvalue weighted by Gasteiger charge is 2.07. The van der Waals surface area contributed by atoms with Gasteiger partial charge in [0, 0.05) is 11.3 Å². The smallest absolute Gasteiger partial charge is 0.335 e. The summed E-state index contributed by atoms with van der Waals surface area (Å²) < 4.78 is 1.64. The molecule has 0 aliphatic heterocycles. The average molecular weight is 280 g/mol. The number of aromatic carboxylic acids is 1. The van der Waals surface area contributed by atoms with Crippen LogP contribution in [0.1, 0.15) is 10.4 Å². The minimum Gasteiger partial charge on any atom is -0.478 e. The van der Waals surface area contributed by atoms with Gasteiger partial charge in [-0.3, -0.25) is 0 Å². The second-order valence-corrected chi connectivity index (χ2v) is 4.52. The van der Waals surface area contributed by atoms with Gasteiger partial charge in [-0.25, -0.2) is 9.48 Å². The summed E-state index contributed by atoms with van der Waals surface area (Å²) in [5, 5.41) is 17.0. The molecule has 0 spiro atoms. The van der Waals surface area contributed by atoms with Crippen LogP contribution in [0.4, 0.5) is 5.69 Å². The van der Waals surface area contributed by atoms with Crippen LogP contribution in [0.3, 0.4) is 0 Å². The van der Waals surface area contributed by atoms with Crippen molar-refractivity contribution in [1.82, 2.24) is 15.0 Å². The number of nitrogens with two attached hydrogens (primary N) is 1. The number of benzene rings is 2. The summed E-state index contributed by atoms with van der Waals surface area (Å²) in [5.74, 6) is -0.952. The van der Waals surface area contributed by atoms with Crippen molar-refractivity contribution >= 4 is 11.7 Å². The third-order valence-electron chi connectivity index (χ3n) is 3.08. The van der Waals surface area contributed by atoms with E-state index in [0.29, 0.717) is 11.4 Å². The van der Waals surface area contributed by atoms with Crippen LogP contribution in [0, 0.1) is 0 Å². The summed E-state index contributed by atoms with van der Waals surface area (Å²) in [5.41, 5.74) is 8.90. The van der Waals surface area contributed by atoms with Gasteiger partial charge in [0.1, 0.15) is 5.69 Å². The molecule has 3 aromatic rings. The maximum atomic E-state index is 10.8. The molecule has 1 heterocycles. The number of hydrogen-bond acceptors (Lipinski definition) is 4. The topological polar surface area (TPSA) is 94.0 Å². The van der Waals surface area contributed by atoms with E-state index >= 15 is 0 Å². The van der Waals surface area contributed by atoms with E-state index in [0.717, 1.165) is 11.3 Å². The van der Waals surface area contributed by atoms with Crippen LogP contribution in [0.2, 0.25) is 0 Å². The number of nitrogen functional groups attached to an aromatic ring is 1. The largest absolute Gasteiger partial charge is 0.478 e. The summed E-state index contributed by atoms with van der Waals surface area (Å²) in [4.78, 5) is 10.8. The Bertz CT molecular complexity index is 776. The standard InChI is InChI=1S/C15H12N4O2/c16-12-5-7-13(8-6-12)19-9-14(17-18-19)10-1-3-11(4-2-10)15(20)21/h1-9H,16H2,(H,20,21). The molecule has 0 fully saturated rings. The lowest BCUT2D eigenvalue weighted by Gasteiger charge is -2.00. The Morgan fingerprint density at radius 1 is 1.05 bits per heavy atom. The highest BCUT2D eigenvalue weighted by molar-refractivity contribution is 5.88. The van der Waals surface area contributed by atoms with Crippen LogP contribution in [0.5, 0.6) is 0 Å². The first-order valence-electron chi connectivity index (χ1n) is 6.25. The van der Waals surface area contributed by atoms with Gasteiger partial charge < -0.3 is 10.8 Å². The van der Waals surface area contributed by atoms with Crippen LogP contribution < -0.4 is 5.73 Å². The van der Waals surface area contributed by atoms with Gasteiger partial charge in [-0.2, -0.15) is 0 Å². The second kappa shape index (κ2) is 5.09. The number of carboxylic acid groups (broad SMARTS) is 1. The van der Waals surface area contributed by atoms with E-state index in [1.54, 1.807) is 47.3 Å². The second-order valence-electron chi connectivity index (χ2n) is 4.52. The summed E-state index contributed by atoms with van der Waals surface area (Å²) in [6, 6.07) is 13.8. The number of carbonyl (C=O) groups is 1. The molecule has 3 rings (SSSR count). The third kappa shape index (κ3) is 2.59. The predicted molar refractivity (Wildman–Crippen MR) is 78.2 cm³/mol. The quantitative estimate of drug-likeness (QED) is 0.717. The van der Waals surface area contributed by atoms with Crippen molar-refractivity contribution in [1.29, 1.82) is 0 Å². The summed E-state index contributed by atoms with van der Waals surface area (Å²) >= 11 is 0. The highest BCUT2D eigenvalue weighted by Crippen LogP contribution is 2.19. The van der Waals surface area contributed by atoms with Crippen molar-refractivity contribution in [2.75, 3.05) is 5.73 Å². The Morgan fingerprint density at radius 2 is 1.71 bits per heavy atom. The van der Waals surface area contributed by atoms with Gasteiger partial charge in [-0.05, 0) is 36.4 Å². The fourth-order valence-corrected chi connectivity index (χ4v) is 1.93. The lowest BCUT2D eigenvalue weighted by Crippen LogP contribution is -1.95. The zero-order valence-electron chi connectivity index (χ0n) is 11.0. The van der Waals surface area contributed by atoms with E-state index in [9.17, 15) is 4.79 Å². The lowest BCUT2D eigenvalue weighted by molar-refractivity contribution is 0.0697. The summed E-state index contributed by atoms with van der Waals surface area (Å²) in [6.07, 6.45) is 1.78. The first-order chi connectivity index (χ1) is 10.1. The van der Waals surface area contributed by atoms with Gasteiger partial charge in [-0.15, -0.1) is 5.10 Å². The Kier molecular flexibility index (Phi) is 3.12. The number of nitrogens with zero attached hydrogens (tertiary/aromatic N) is 3. The molecule has 0 amide bonds. The van der Waals surface area contributed by atoms with Gasteiger partial charge in [0.25, 0.3) is 0 Å². The average Bonchev–Trinajstić information content (AvgIpc) is 2.98. The minimum atomic E-state index is -0.952. The van der Waals surface area contributed by atoms with Gasteiger partial charge in [0.05, 0.1) is 17.4 Å². The Labute approximate surface area is 120 Å². The maximum absolute atomic E-state index is 10.8. The molecule has 0 saturated heterocycles. The molecule has 6 nitrogen and oxygen atoms in total. The van der Waals surface area contributed by atoms with Gasteiger partial charge >= 0.3 is 5.97 Å². The van der Waals surface area contributed by atoms with Gasteiger partial charge in [0.2, 0.25) is 0 Å². The third-order valence-corrected chi connectivity index (χ3v) is 3.08. The van der Waals surface area contributed by atoms with Crippen LogP contribution >= 0.6 is 0 Å². The van der Waals surface area contributed by atoms with E-state index in [-0.39, 0.29) is 5.56 Å². The fraction of sp³-hybridized carbons (Fsp3) is 0. The molecular formula is C15H12N4O2. The number of rotatable bonds is 3. The Balaban J connectivity index is 1.90. The number of carboxylic acids is 1. The minimum absolute atomic E-state index is 0.240.